The summed E-state index contributed by atoms with van der Waals surface area (Å²) in [7, 11) is 0. The van der Waals surface area contributed by atoms with E-state index >= 15 is 0 Å². The highest BCUT2D eigenvalue weighted by Gasteiger charge is 2.19. The van der Waals surface area contributed by atoms with Crippen LogP contribution in [-0.4, -0.2) is 35.1 Å². The Morgan fingerprint density at radius 3 is 2.67 bits per heavy atom. The third kappa shape index (κ3) is 4.76. The first-order valence-electron chi connectivity index (χ1n) is 6.31. The van der Waals surface area contributed by atoms with E-state index < -0.39 is 24.4 Å². The van der Waals surface area contributed by atoms with E-state index in [1.165, 1.54) is 12.1 Å². The molecule has 0 unspecified atom stereocenters. The summed E-state index contributed by atoms with van der Waals surface area (Å²) in [6, 6.07) is 4.83. The summed E-state index contributed by atoms with van der Waals surface area (Å²) in [5.74, 6) is -1.83. The van der Waals surface area contributed by atoms with Gasteiger partial charge in [-0.25, -0.2) is 9.18 Å². The van der Waals surface area contributed by atoms with Crippen LogP contribution in [0.25, 0.3) is 0 Å². The molecule has 21 heavy (non-hydrogen) atoms. The van der Waals surface area contributed by atoms with Crippen LogP contribution in [0.4, 0.5) is 14.9 Å². The number of carbonyl (C=O) groups is 2. The first-order valence-corrected chi connectivity index (χ1v) is 6.31. The van der Waals surface area contributed by atoms with Crippen LogP contribution >= 0.6 is 0 Å². The number of rotatable bonds is 5. The molecule has 0 aliphatic rings. The lowest BCUT2D eigenvalue weighted by Crippen LogP contribution is -2.41. The topological polar surface area (TPSA) is 93.4 Å². The lowest BCUT2D eigenvalue weighted by atomic mass is 10.2. The number of carbonyl (C=O) groups excluding carboxylic acids is 1. The predicted molar refractivity (Wildman–Crippen MR) is 74.2 cm³/mol. The van der Waals surface area contributed by atoms with Gasteiger partial charge in [0.2, 0.25) is 0 Å². The number of carboxylic acids is 1. The quantitative estimate of drug-likeness (QED) is 0.870. The molecule has 1 aromatic rings. The summed E-state index contributed by atoms with van der Waals surface area (Å²) in [4.78, 5) is 24.0. The molecule has 2 amide bonds. The lowest BCUT2D eigenvalue weighted by Gasteiger charge is -2.23. The summed E-state index contributed by atoms with van der Waals surface area (Å²) in [6.45, 7) is 3.44. The van der Waals surface area contributed by atoms with Crippen LogP contribution in [0.2, 0.25) is 0 Å². The summed E-state index contributed by atoms with van der Waals surface area (Å²) in [5.41, 5.74) is -0.271. The molecule has 2 N–H and O–H groups in total. The van der Waals surface area contributed by atoms with Crippen LogP contribution < -0.4 is 5.32 Å². The van der Waals surface area contributed by atoms with Crippen LogP contribution in [0.3, 0.4) is 0 Å². The lowest BCUT2D eigenvalue weighted by molar-refractivity contribution is -0.137. The first kappa shape index (κ1) is 16.4. The number of nitriles is 1. The van der Waals surface area contributed by atoms with E-state index in [-0.39, 0.29) is 23.7 Å². The Morgan fingerprint density at radius 2 is 2.14 bits per heavy atom. The second-order valence-electron chi connectivity index (χ2n) is 4.87. The van der Waals surface area contributed by atoms with Gasteiger partial charge in [-0.15, -0.1) is 0 Å². The summed E-state index contributed by atoms with van der Waals surface area (Å²) in [5, 5.41) is 20.1. The van der Waals surface area contributed by atoms with Gasteiger partial charge in [-0.3, -0.25) is 4.79 Å². The van der Waals surface area contributed by atoms with Crippen molar-refractivity contribution in [2.45, 2.75) is 13.8 Å². The van der Waals surface area contributed by atoms with Crippen molar-refractivity contribution in [3.63, 3.8) is 0 Å². The fraction of sp³-hybridized carbons (Fsp3) is 0.357. The van der Waals surface area contributed by atoms with Crippen molar-refractivity contribution in [1.82, 2.24) is 4.90 Å². The highest BCUT2D eigenvalue weighted by molar-refractivity contribution is 5.92. The molecular weight excluding hydrogens is 277 g/mol. The van der Waals surface area contributed by atoms with Crippen molar-refractivity contribution >= 4 is 17.7 Å². The van der Waals surface area contributed by atoms with Gasteiger partial charge in [0, 0.05) is 6.54 Å². The first-order chi connectivity index (χ1) is 9.85. The second-order valence-corrected chi connectivity index (χ2v) is 4.87. The Kier molecular flexibility index (Phi) is 5.67. The Balaban J connectivity index is 2.94. The largest absolute Gasteiger partial charge is 0.480 e. The van der Waals surface area contributed by atoms with E-state index in [4.69, 9.17) is 10.4 Å². The number of hydrogen-bond donors (Lipinski definition) is 2. The minimum absolute atomic E-state index is 0.0154. The Bertz CT molecular complexity index is 581. The molecule has 1 aromatic carbocycles. The number of carboxylic acid groups (broad SMARTS) is 1. The molecule has 0 aliphatic heterocycles. The van der Waals surface area contributed by atoms with Crippen molar-refractivity contribution in [2.75, 3.05) is 18.4 Å². The Hall–Kier alpha value is -2.62. The van der Waals surface area contributed by atoms with Crippen molar-refractivity contribution in [2.24, 2.45) is 5.92 Å². The fourth-order valence-electron chi connectivity index (χ4n) is 1.76. The predicted octanol–water partition coefficient (Wildman–Crippen LogP) is 2.27. The third-order valence-corrected chi connectivity index (χ3v) is 2.57. The summed E-state index contributed by atoms with van der Waals surface area (Å²) < 4.78 is 13.4. The molecule has 0 bridgehead atoms. The maximum atomic E-state index is 13.4. The maximum Gasteiger partial charge on any atom is 0.323 e. The highest BCUT2D eigenvalue weighted by Crippen LogP contribution is 2.18. The number of halogens is 1. The molecule has 0 heterocycles. The average molecular weight is 293 g/mol. The smallest absolute Gasteiger partial charge is 0.323 e. The number of nitrogens with one attached hydrogen (secondary N) is 1. The van der Waals surface area contributed by atoms with Gasteiger partial charge < -0.3 is 15.3 Å². The molecule has 0 saturated carbocycles. The molecule has 112 valence electrons. The number of aliphatic carboxylic acids is 1. The van der Waals surface area contributed by atoms with E-state index in [0.717, 1.165) is 11.0 Å². The zero-order valence-electron chi connectivity index (χ0n) is 11.8. The molecule has 1 rings (SSSR count). The maximum absolute atomic E-state index is 13.4. The average Bonchev–Trinajstić information content (AvgIpc) is 2.37. The van der Waals surface area contributed by atoms with Gasteiger partial charge in [0.1, 0.15) is 24.0 Å². The molecule has 0 radical (unpaired) electrons. The molecule has 0 fully saturated rings. The summed E-state index contributed by atoms with van der Waals surface area (Å²) >= 11 is 0. The van der Waals surface area contributed by atoms with E-state index in [2.05, 4.69) is 5.32 Å². The van der Waals surface area contributed by atoms with Crippen molar-refractivity contribution in [3.05, 3.63) is 29.6 Å². The fourth-order valence-corrected chi connectivity index (χ4v) is 1.76. The molecule has 0 spiro atoms. The Morgan fingerprint density at radius 1 is 1.48 bits per heavy atom. The molecule has 0 atom stereocenters. The van der Waals surface area contributed by atoms with E-state index in [9.17, 15) is 14.0 Å². The molecule has 7 heteroatoms. The van der Waals surface area contributed by atoms with Crippen LogP contribution in [0.15, 0.2) is 18.2 Å². The minimum atomic E-state index is -1.15. The second kappa shape index (κ2) is 7.24. The standard InChI is InChI=1S/C14H16FN3O3/c1-9(2)7-18(8-13(19)20)14(21)17-12-5-3-4-11(15)10(12)6-16/h3-5,9H,7-8H2,1-2H3,(H,17,21)(H,19,20). The van der Waals surface area contributed by atoms with Crippen LogP contribution in [0.5, 0.6) is 0 Å². The normalized spacial score (nSPS) is 10.0. The molecular formula is C14H16FN3O3. The van der Waals surface area contributed by atoms with Crippen molar-refractivity contribution < 1.29 is 19.1 Å². The van der Waals surface area contributed by atoms with E-state index in [1.807, 2.05) is 13.8 Å². The molecule has 0 aliphatic carbocycles. The van der Waals surface area contributed by atoms with Gasteiger partial charge in [-0.05, 0) is 18.1 Å². The number of urea groups is 1. The van der Waals surface area contributed by atoms with Gasteiger partial charge >= 0.3 is 12.0 Å². The monoisotopic (exact) mass is 293 g/mol. The zero-order valence-corrected chi connectivity index (χ0v) is 11.8. The van der Waals surface area contributed by atoms with Crippen molar-refractivity contribution in [1.29, 1.82) is 5.26 Å². The molecule has 0 saturated heterocycles. The summed E-state index contributed by atoms with van der Waals surface area (Å²) in [6.07, 6.45) is 0. The van der Waals surface area contributed by atoms with Crippen LogP contribution in [-0.2, 0) is 4.79 Å². The van der Waals surface area contributed by atoms with E-state index in [0.29, 0.717) is 0 Å². The number of benzene rings is 1. The third-order valence-electron chi connectivity index (χ3n) is 2.57. The highest BCUT2D eigenvalue weighted by atomic mass is 19.1. The number of amides is 2. The van der Waals surface area contributed by atoms with Gasteiger partial charge in [-0.2, -0.15) is 5.26 Å². The van der Waals surface area contributed by atoms with Gasteiger partial charge in [0.15, 0.2) is 0 Å². The molecule has 6 nitrogen and oxygen atoms in total. The van der Waals surface area contributed by atoms with Crippen LogP contribution in [0, 0.1) is 23.1 Å². The van der Waals surface area contributed by atoms with Crippen LogP contribution in [0.1, 0.15) is 19.4 Å². The minimum Gasteiger partial charge on any atom is -0.480 e. The molecule has 0 aromatic heterocycles. The Labute approximate surface area is 121 Å². The van der Waals surface area contributed by atoms with Gasteiger partial charge in [-0.1, -0.05) is 19.9 Å². The van der Waals surface area contributed by atoms with Gasteiger partial charge in [0.05, 0.1) is 5.69 Å². The number of nitrogens with zero attached hydrogens (tertiary/aromatic N) is 2. The van der Waals surface area contributed by atoms with E-state index in [1.54, 1.807) is 6.07 Å². The SMILES string of the molecule is CC(C)CN(CC(=O)O)C(=O)Nc1cccc(F)c1C#N. The van der Waals surface area contributed by atoms with Crippen molar-refractivity contribution in [3.8, 4) is 6.07 Å². The van der Waals surface area contributed by atoms with Gasteiger partial charge in [0.25, 0.3) is 0 Å². The zero-order chi connectivity index (χ0) is 16.0. The number of anilines is 1. The number of hydrogen-bond acceptors (Lipinski definition) is 3.